The van der Waals surface area contributed by atoms with Gasteiger partial charge in [0.1, 0.15) is 5.78 Å². The van der Waals surface area contributed by atoms with Crippen LogP contribution in [0.5, 0.6) is 0 Å². The molecule has 0 unspecified atom stereocenters. The topological polar surface area (TPSA) is 43.4 Å². The van der Waals surface area contributed by atoms with E-state index in [1.54, 1.807) is 37.7 Å². The highest BCUT2D eigenvalue weighted by atomic mass is 32.2. The number of carbonyl (C=O) groups is 2. The van der Waals surface area contributed by atoms with Gasteiger partial charge in [-0.25, -0.2) is 4.79 Å². The highest BCUT2D eigenvalue weighted by Gasteiger charge is 2.05. The predicted octanol–water partition coefficient (Wildman–Crippen LogP) is 3.08. The number of ether oxygens (including phenoxy) is 1. The Bertz CT molecular complexity index is 398. The number of ketones is 1. The van der Waals surface area contributed by atoms with E-state index in [0.29, 0.717) is 18.6 Å². The smallest absolute Gasteiger partial charge is 0.338 e. The molecule has 0 aromatic heterocycles. The van der Waals surface area contributed by atoms with Crippen molar-refractivity contribution in [2.75, 3.05) is 12.4 Å². The lowest BCUT2D eigenvalue weighted by molar-refractivity contribution is -0.116. The van der Waals surface area contributed by atoms with Crippen LogP contribution in [0.2, 0.25) is 0 Å². The third-order valence-electron chi connectivity index (χ3n) is 2.33. The maximum Gasteiger partial charge on any atom is 0.338 e. The monoisotopic (exact) mass is 266 g/mol. The number of Topliss-reactive ketones (excluding diaryl/α,β-unsaturated/α-hetero) is 1. The Balaban J connectivity index is 2.40. The summed E-state index contributed by atoms with van der Waals surface area (Å²) in [5, 5.41) is 0. The largest absolute Gasteiger partial charge is 0.462 e. The maximum absolute atomic E-state index is 11.4. The molecule has 0 aliphatic rings. The molecule has 0 atom stereocenters. The number of rotatable bonds is 7. The van der Waals surface area contributed by atoms with Crippen LogP contribution in [0.3, 0.4) is 0 Å². The van der Waals surface area contributed by atoms with E-state index in [-0.39, 0.29) is 11.8 Å². The van der Waals surface area contributed by atoms with E-state index in [9.17, 15) is 9.59 Å². The van der Waals surface area contributed by atoms with E-state index in [1.165, 1.54) is 0 Å². The molecule has 0 aliphatic heterocycles. The first kappa shape index (κ1) is 14.8. The first-order valence-electron chi connectivity index (χ1n) is 5.96. The molecule has 0 saturated heterocycles. The molecule has 0 radical (unpaired) electrons. The second kappa shape index (κ2) is 7.93. The van der Waals surface area contributed by atoms with E-state index in [1.807, 2.05) is 12.1 Å². The molecule has 0 heterocycles. The van der Waals surface area contributed by atoms with Crippen LogP contribution < -0.4 is 0 Å². The third kappa shape index (κ3) is 5.36. The van der Waals surface area contributed by atoms with Gasteiger partial charge in [-0.1, -0.05) is 12.1 Å². The van der Waals surface area contributed by atoms with E-state index in [2.05, 4.69) is 0 Å². The summed E-state index contributed by atoms with van der Waals surface area (Å²) in [6, 6.07) is 7.40. The molecule has 0 saturated carbocycles. The van der Waals surface area contributed by atoms with E-state index < -0.39 is 0 Å². The Morgan fingerprint density at radius 2 is 1.89 bits per heavy atom. The fourth-order valence-corrected chi connectivity index (χ4v) is 2.36. The molecular weight excluding hydrogens is 248 g/mol. The Hall–Kier alpha value is -1.29. The lowest BCUT2D eigenvalue weighted by atomic mass is 10.1. The fraction of sp³-hybridized carbons (Fsp3) is 0.429. The van der Waals surface area contributed by atoms with Crippen molar-refractivity contribution in [3.05, 3.63) is 35.4 Å². The molecule has 1 aromatic carbocycles. The normalized spacial score (nSPS) is 10.1. The molecule has 3 nitrogen and oxygen atoms in total. The Labute approximate surface area is 112 Å². The van der Waals surface area contributed by atoms with Gasteiger partial charge in [-0.15, -0.1) is 0 Å². The molecule has 98 valence electrons. The average Bonchev–Trinajstić information content (AvgIpc) is 2.35. The van der Waals surface area contributed by atoms with Gasteiger partial charge in [-0.3, -0.25) is 4.79 Å². The summed E-state index contributed by atoms with van der Waals surface area (Å²) >= 11 is 1.72. The van der Waals surface area contributed by atoms with Gasteiger partial charge >= 0.3 is 5.97 Å². The fourth-order valence-electron chi connectivity index (χ4n) is 1.36. The quantitative estimate of drug-likeness (QED) is 0.562. The number of thioether (sulfide) groups is 1. The molecule has 0 aliphatic carbocycles. The van der Waals surface area contributed by atoms with E-state index >= 15 is 0 Å². The summed E-state index contributed by atoms with van der Waals surface area (Å²) in [5.41, 5.74) is 1.73. The number of carbonyl (C=O) groups excluding carboxylic acids is 2. The van der Waals surface area contributed by atoms with Crippen LogP contribution in [0.25, 0.3) is 0 Å². The predicted molar refractivity (Wildman–Crippen MR) is 73.9 cm³/mol. The number of hydrogen-bond acceptors (Lipinski definition) is 4. The Morgan fingerprint density at radius 1 is 1.22 bits per heavy atom. The molecule has 4 heteroatoms. The van der Waals surface area contributed by atoms with Crippen molar-refractivity contribution in [3.8, 4) is 0 Å². The number of esters is 1. The zero-order valence-corrected chi connectivity index (χ0v) is 11.6. The minimum atomic E-state index is -0.284. The maximum atomic E-state index is 11.4. The molecule has 1 aromatic rings. The molecular formula is C14H18O3S. The first-order valence-corrected chi connectivity index (χ1v) is 7.12. The second-order valence-electron chi connectivity index (χ2n) is 3.92. The van der Waals surface area contributed by atoms with Crippen LogP contribution in [0.4, 0.5) is 0 Å². The van der Waals surface area contributed by atoms with Crippen molar-refractivity contribution < 1.29 is 14.3 Å². The molecule has 0 N–H and O–H groups in total. The summed E-state index contributed by atoms with van der Waals surface area (Å²) in [7, 11) is 0. The third-order valence-corrected chi connectivity index (χ3v) is 3.36. The SMILES string of the molecule is CCOC(=O)c1ccc(CSCCC(C)=O)cc1. The van der Waals surface area contributed by atoms with Crippen molar-refractivity contribution in [1.82, 2.24) is 0 Å². The van der Waals surface area contributed by atoms with Gasteiger partial charge in [-0.05, 0) is 31.5 Å². The Kier molecular flexibility index (Phi) is 6.50. The first-order chi connectivity index (χ1) is 8.63. The highest BCUT2D eigenvalue weighted by Crippen LogP contribution is 2.14. The van der Waals surface area contributed by atoms with Gasteiger partial charge in [0.15, 0.2) is 0 Å². The highest BCUT2D eigenvalue weighted by molar-refractivity contribution is 7.98. The van der Waals surface area contributed by atoms with Gasteiger partial charge in [0, 0.05) is 17.9 Å². The molecule has 0 bridgehead atoms. The summed E-state index contributed by atoms with van der Waals surface area (Å²) < 4.78 is 4.91. The lowest BCUT2D eigenvalue weighted by Crippen LogP contribution is -2.04. The minimum Gasteiger partial charge on any atom is -0.462 e. The van der Waals surface area contributed by atoms with Gasteiger partial charge in [0.05, 0.1) is 12.2 Å². The standard InChI is InChI=1S/C14H18O3S/c1-3-17-14(16)13-6-4-12(5-7-13)10-18-9-8-11(2)15/h4-7H,3,8-10H2,1-2H3. The van der Waals surface area contributed by atoms with Crippen LogP contribution in [-0.2, 0) is 15.3 Å². The van der Waals surface area contributed by atoms with Crippen molar-refractivity contribution in [2.45, 2.75) is 26.0 Å². The van der Waals surface area contributed by atoms with Gasteiger partial charge in [-0.2, -0.15) is 11.8 Å². The molecule has 0 spiro atoms. The summed E-state index contributed by atoms with van der Waals surface area (Å²) in [4.78, 5) is 22.2. The molecule has 1 rings (SSSR count). The van der Waals surface area contributed by atoms with E-state index in [0.717, 1.165) is 17.1 Å². The summed E-state index contributed by atoms with van der Waals surface area (Å²) in [5.74, 6) is 1.64. The van der Waals surface area contributed by atoms with Gasteiger partial charge in [0.2, 0.25) is 0 Å². The average molecular weight is 266 g/mol. The number of hydrogen-bond donors (Lipinski definition) is 0. The number of benzene rings is 1. The summed E-state index contributed by atoms with van der Waals surface area (Å²) in [6.45, 7) is 3.79. The van der Waals surface area contributed by atoms with Crippen LogP contribution in [0.1, 0.15) is 36.2 Å². The van der Waals surface area contributed by atoms with Gasteiger partial charge in [0.25, 0.3) is 0 Å². The van der Waals surface area contributed by atoms with Crippen LogP contribution in [0, 0.1) is 0 Å². The van der Waals surface area contributed by atoms with Crippen molar-refractivity contribution >= 4 is 23.5 Å². The molecule has 18 heavy (non-hydrogen) atoms. The molecule has 0 fully saturated rings. The minimum absolute atomic E-state index is 0.222. The molecule has 0 amide bonds. The van der Waals surface area contributed by atoms with Crippen LogP contribution in [0.15, 0.2) is 24.3 Å². The van der Waals surface area contributed by atoms with Crippen molar-refractivity contribution in [2.24, 2.45) is 0 Å². The lowest BCUT2D eigenvalue weighted by Gasteiger charge is -2.04. The van der Waals surface area contributed by atoms with Gasteiger partial charge < -0.3 is 4.74 Å². The van der Waals surface area contributed by atoms with Crippen LogP contribution >= 0.6 is 11.8 Å². The van der Waals surface area contributed by atoms with Crippen molar-refractivity contribution in [1.29, 1.82) is 0 Å². The summed E-state index contributed by atoms with van der Waals surface area (Å²) in [6.07, 6.45) is 0.617. The second-order valence-corrected chi connectivity index (χ2v) is 5.03. The van der Waals surface area contributed by atoms with Crippen molar-refractivity contribution in [3.63, 3.8) is 0 Å². The van der Waals surface area contributed by atoms with Crippen LogP contribution in [-0.4, -0.2) is 24.1 Å². The zero-order chi connectivity index (χ0) is 13.4. The zero-order valence-electron chi connectivity index (χ0n) is 10.8. The Morgan fingerprint density at radius 3 is 2.44 bits per heavy atom. The van der Waals surface area contributed by atoms with E-state index in [4.69, 9.17) is 4.74 Å².